The average Bonchev–Trinajstić information content (AvgIpc) is 3.14. The van der Waals surface area contributed by atoms with Gasteiger partial charge in [0.2, 0.25) is 0 Å². The average molecular weight is 294 g/mol. The number of H-pyrrole nitrogens is 2. The molecule has 6 nitrogen and oxygen atoms in total. The number of nitrogens with one attached hydrogen (secondary N) is 2. The zero-order valence-corrected chi connectivity index (χ0v) is 12.2. The van der Waals surface area contributed by atoms with Gasteiger partial charge >= 0.3 is 5.69 Å². The van der Waals surface area contributed by atoms with Crippen LogP contribution in [0.1, 0.15) is 0 Å². The predicted molar refractivity (Wildman–Crippen MR) is 86.1 cm³/mol. The Morgan fingerprint density at radius 3 is 2.45 bits per heavy atom. The Kier molecular flexibility index (Phi) is 2.45. The molecule has 0 unspecified atom stereocenters. The van der Waals surface area contributed by atoms with Crippen molar-refractivity contribution in [1.82, 2.24) is 19.1 Å². The third-order valence-electron chi connectivity index (χ3n) is 4.17. The van der Waals surface area contributed by atoms with Crippen LogP contribution >= 0.6 is 0 Å². The second kappa shape index (κ2) is 4.24. The maximum absolute atomic E-state index is 12.5. The van der Waals surface area contributed by atoms with E-state index in [1.165, 1.54) is 11.6 Å². The number of benzene rings is 1. The largest absolute Gasteiger partial charge is 0.361 e. The summed E-state index contributed by atoms with van der Waals surface area (Å²) in [5, 5.41) is 1.56. The summed E-state index contributed by atoms with van der Waals surface area (Å²) in [5.41, 5.74) is 2.65. The third kappa shape index (κ3) is 1.49. The first-order valence-electron chi connectivity index (χ1n) is 6.93. The van der Waals surface area contributed by atoms with Gasteiger partial charge in [-0.2, -0.15) is 0 Å². The fourth-order valence-corrected chi connectivity index (χ4v) is 2.98. The minimum absolute atomic E-state index is 0.292. The van der Waals surface area contributed by atoms with E-state index in [0.29, 0.717) is 11.0 Å². The van der Waals surface area contributed by atoms with Gasteiger partial charge in [0.05, 0.1) is 5.39 Å². The summed E-state index contributed by atoms with van der Waals surface area (Å²) < 4.78 is 2.59. The zero-order valence-electron chi connectivity index (χ0n) is 12.2. The molecule has 2 N–H and O–H groups in total. The molecule has 0 aliphatic heterocycles. The number of nitrogens with zero attached hydrogens (tertiary/aromatic N) is 2. The molecule has 0 fully saturated rings. The van der Waals surface area contributed by atoms with Gasteiger partial charge in [-0.05, 0) is 6.07 Å². The van der Waals surface area contributed by atoms with E-state index in [1.807, 2.05) is 30.5 Å². The summed E-state index contributed by atoms with van der Waals surface area (Å²) in [6, 6.07) is 7.91. The molecule has 22 heavy (non-hydrogen) atoms. The van der Waals surface area contributed by atoms with Gasteiger partial charge in [-0.1, -0.05) is 18.2 Å². The van der Waals surface area contributed by atoms with Crippen molar-refractivity contribution < 1.29 is 0 Å². The van der Waals surface area contributed by atoms with Gasteiger partial charge in [-0.3, -0.25) is 13.9 Å². The molecule has 6 heteroatoms. The van der Waals surface area contributed by atoms with E-state index in [4.69, 9.17) is 0 Å². The second-order valence-corrected chi connectivity index (χ2v) is 5.38. The van der Waals surface area contributed by atoms with Crippen LogP contribution < -0.4 is 11.2 Å². The highest BCUT2D eigenvalue weighted by Gasteiger charge is 2.17. The minimum Gasteiger partial charge on any atom is -0.361 e. The summed E-state index contributed by atoms with van der Waals surface area (Å²) in [5.74, 6) is 0. The van der Waals surface area contributed by atoms with Gasteiger partial charge in [-0.25, -0.2) is 4.79 Å². The number of aromatic nitrogens is 4. The molecule has 0 amide bonds. The molecule has 0 saturated carbocycles. The Bertz CT molecular complexity index is 1140. The Labute approximate surface area is 124 Å². The maximum Gasteiger partial charge on any atom is 0.332 e. The van der Waals surface area contributed by atoms with Crippen molar-refractivity contribution in [1.29, 1.82) is 0 Å². The van der Waals surface area contributed by atoms with Crippen LogP contribution in [-0.4, -0.2) is 19.1 Å². The topological polar surface area (TPSA) is 75.6 Å². The van der Waals surface area contributed by atoms with Crippen molar-refractivity contribution >= 4 is 21.9 Å². The predicted octanol–water partition coefficient (Wildman–Crippen LogP) is 1.71. The smallest absolute Gasteiger partial charge is 0.332 e. The monoisotopic (exact) mass is 294 g/mol. The number of hydrogen-bond acceptors (Lipinski definition) is 2. The molecule has 0 bridgehead atoms. The number of para-hydroxylation sites is 1. The van der Waals surface area contributed by atoms with Crippen molar-refractivity contribution in [3.05, 3.63) is 57.5 Å². The fourth-order valence-electron chi connectivity index (χ4n) is 2.98. The van der Waals surface area contributed by atoms with Gasteiger partial charge < -0.3 is 9.97 Å². The molecule has 0 radical (unpaired) electrons. The van der Waals surface area contributed by atoms with E-state index in [0.717, 1.165) is 26.6 Å². The van der Waals surface area contributed by atoms with Crippen LogP contribution in [0, 0.1) is 0 Å². The summed E-state index contributed by atoms with van der Waals surface area (Å²) in [6.45, 7) is 0. The molecule has 0 atom stereocenters. The van der Waals surface area contributed by atoms with Crippen molar-refractivity contribution in [3.8, 4) is 11.1 Å². The van der Waals surface area contributed by atoms with Crippen LogP contribution in [0.2, 0.25) is 0 Å². The fraction of sp³-hybridized carbons (Fsp3) is 0.125. The van der Waals surface area contributed by atoms with Crippen LogP contribution in [0.4, 0.5) is 0 Å². The zero-order chi connectivity index (χ0) is 15.4. The first kappa shape index (κ1) is 12.7. The van der Waals surface area contributed by atoms with Crippen molar-refractivity contribution in [2.24, 2.45) is 14.1 Å². The lowest BCUT2D eigenvalue weighted by atomic mass is 10.1. The molecule has 0 aliphatic rings. The highest BCUT2D eigenvalue weighted by atomic mass is 16.2. The van der Waals surface area contributed by atoms with E-state index in [9.17, 15) is 9.59 Å². The Morgan fingerprint density at radius 1 is 0.909 bits per heavy atom. The van der Waals surface area contributed by atoms with Crippen molar-refractivity contribution in [2.45, 2.75) is 0 Å². The molecule has 0 aliphatic carbocycles. The molecule has 1 aromatic carbocycles. The highest BCUT2D eigenvalue weighted by molar-refractivity contribution is 6.03. The molecule has 3 aromatic heterocycles. The van der Waals surface area contributed by atoms with Crippen LogP contribution in [0.25, 0.3) is 33.1 Å². The van der Waals surface area contributed by atoms with E-state index >= 15 is 0 Å². The molecule has 4 aromatic rings. The summed E-state index contributed by atoms with van der Waals surface area (Å²) in [6.07, 6.45) is 3.67. The summed E-state index contributed by atoms with van der Waals surface area (Å²) in [4.78, 5) is 30.8. The van der Waals surface area contributed by atoms with Crippen LogP contribution in [0.15, 0.2) is 46.2 Å². The molecule has 0 saturated heterocycles. The van der Waals surface area contributed by atoms with Gasteiger partial charge in [0.15, 0.2) is 0 Å². The Morgan fingerprint density at radius 2 is 1.64 bits per heavy atom. The number of rotatable bonds is 1. The van der Waals surface area contributed by atoms with Crippen molar-refractivity contribution in [2.75, 3.05) is 0 Å². The maximum atomic E-state index is 12.5. The number of aryl methyl sites for hydroxylation is 1. The third-order valence-corrected chi connectivity index (χ3v) is 4.17. The van der Waals surface area contributed by atoms with Crippen LogP contribution in [0.5, 0.6) is 0 Å². The summed E-state index contributed by atoms with van der Waals surface area (Å²) >= 11 is 0. The van der Waals surface area contributed by atoms with Crippen molar-refractivity contribution in [3.63, 3.8) is 0 Å². The highest BCUT2D eigenvalue weighted by Crippen LogP contribution is 2.31. The van der Waals surface area contributed by atoms with E-state index in [2.05, 4.69) is 9.97 Å². The molecule has 3 heterocycles. The number of hydrogen-bond donors (Lipinski definition) is 2. The normalized spacial score (nSPS) is 11.5. The minimum atomic E-state index is -0.343. The Hall–Kier alpha value is -3.02. The van der Waals surface area contributed by atoms with E-state index < -0.39 is 0 Å². The number of aromatic amines is 2. The second-order valence-electron chi connectivity index (χ2n) is 5.38. The molecule has 110 valence electrons. The van der Waals surface area contributed by atoms with E-state index in [1.54, 1.807) is 13.2 Å². The van der Waals surface area contributed by atoms with Crippen LogP contribution in [0.3, 0.4) is 0 Å². The Balaban J connectivity index is 2.18. The molecule has 4 rings (SSSR count). The lowest BCUT2D eigenvalue weighted by molar-refractivity contribution is 0.710. The molecular formula is C16H14N4O2. The standard InChI is InChI=1S/C16H14N4O2/c1-19-14-13(15(21)20(2)16(19)22)11(8-18-14)10-7-17-12-6-4-3-5-9(10)12/h3-8,17-18H,1-2H3. The molecule has 0 spiro atoms. The lowest BCUT2D eigenvalue weighted by Crippen LogP contribution is -2.36. The van der Waals surface area contributed by atoms with Gasteiger partial charge in [0.1, 0.15) is 5.65 Å². The lowest BCUT2D eigenvalue weighted by Gasteiger charge is -2.04. The molecular weight excluding hydrogens is 280 g/mol. The van der Waals surface area contributed by atoms with Gasteiger partial charge in [0.25, 0.3) is 5.56 Å². The van der Waals surface area contributed by atoms with Gasteiger partial charge in [0, 0.05) is 48.5 Å². The summed E-state index contributed by atoms with van der Waals surface area (Å²) in [7, 11) is 3.15. The first-order valence-corrected chi connectivity index (χ1v) is 6.93. The van der Waals surface area contributed by atoms with Gasteiger partial charge in [-0.15, -0.1) is 0 Å². The first-order chi connectivity index (χ1) is 10.6. The SMILES string of the molecule is Cn1c(=O)c2c(-c3c[nH]c4ccccc34)c[nH]c2n(C)c1=O. The van der Waals surface area contributed by atoms with Crippen LogP contribution in [-0.2, 0) is 14.1 Å². The van der Waals surface area contributed by atoms with E-state index in [-0.39, 0.29) is 11.2 Å². The number of fused-ring (bicyclic) bond motifs is 2. The quantitative estimate of drug-likeness (QED) is 0.561.